The molecule has 4 nitrogen and oxygen atoms in total. The molecule has 0 unspecified atom stereocenters. The van der Waals surface area contributed by atoms with Crippen molar-refractivity contribution in [3.63, 3.8) is 0 Å². The Morgan fingerprint density at radius 1 is 1.30 bits per heavy atom. The van der Waals surface area contributed by atoms with Crippen LogP contribution in [0.2, 0.25) is 0 Å². The van der Waals surface area contributed by atoms with Crippen molar-refractivity contribution in [2.45, 2.75) is 6.92 Å². The van der Waals surface area contributed by atoms with Crippen molar-refractivity contribution in [3.05, 3.63) is 53.8 Å². The molecule has 2 aromatic rings. The van der Waals surface area contributed by atoms with E-state index in [1.807, 2.05) is 6.92 Å². The SMILES string of the molecule is CCOc1ccc(NC(=O)c2ccccc2F)c(N)c1. The van der Waals surface area contributed by atoms with E-state index in [9.17, 15) is 9.18 Å². The molecule has 0 saturated carbocycles. The minimum atomic E-state index is -0.575. The van der Waals surface area contributed by atoms with Crippen LogP contribution in [0.3, 0.4) is 0 Å². The Kier molecular flexibility index (Phi) is 4.20. The van der Waals surface area contributed by atoms with Crippen molar-refractivity contribution in [3.8, 4) is 5.75 Å². The highest BCUT2D eigenvalue weighted by Gasteiger charge is 2.12. The van der Waals surface area contributed by atoms with Crippen LogP contribution in [0.25, 0.3) is 0 Å². The second kappa shape index (κ2) is 6.06. The topological polar surface area (TPSA) is 64.3 Å². The first kappa shape index (κ1) is 13.9. The summed E-state index contributed by atoms with van der Waals surface area (Å²) in [6.45, 7) is 2.39. The molecular weight excluding hydrogens is 259 g/mol. The summed E-state index contributed by atoms with van der Waals surface area (Å²) in [5, 5.41) is 2.58. The summed E-state index contributed by atoms with van der Waals surface area (Å²) in [4.78, 5) is 12.0. The molecule has 0 radical (unpaired) electrons. The Bertz CT molecular complexity index is 629. The third-order valence-corrected chi connectivity index (χ3v) is 2.70. The quantitative estimate of drug-likeness (QED) is 0.842. The van der Waals surface area contributed by atoms with E-state index in [1.54, 1.807) is 24.3 Å². The summed E-state index contributed by atoms with van der Waals surface area (Å²) in [5.41, 5.74) is 6.58. The van der Waals surface area contributed by atoms with E-state index in [2.05, 4.69) is 5.32 Å². The summed E-state index contributed by atoms with van der Waals surface area (Å²) >= 11 is 0. The number of nitrogens with two attached hydrogens (primary N) is 1. The maximum Gasteiger partial charge on any atom is 0.258 e. The van der Waals surface area contributed by atoms with Crippen LogP contribution < -0.4 is 15.8 Å². The Labute approximate surface area is 116 Å². The second-order valence-corrected chi connectivity index (χ2v) is 4.12. The number of ether oxygens (including phenoxy) is 1. The summed E-state index contributed by atoms with van der Waals surface area (Å²) in [6, 6.07) is 10.7. The second-order valence-electron chi connectivity index (χ2n) is 4.12. The van der Waals surface area contributed by atoms with Gasteiger partial charge in [-0.15, -0.1) is 0 Å². The number of halogens is 1. The van der Waals surface area contributed by atoms with Crippen molar-refractivity contribution >= 4 is 17.3 Å². The lowest BCUT2D eigenvalue weighted by atomic mass is 10.2. The van der Waals surface area contributed by atoms with Crippen molar-refractivity contribution in [1.82, 2.24) is 0 Å². The van der Waals surface area contributed by atoms with Gasteiger partial charge >= 0.3 is 0 Å². The molecule has 0 atom stereocenters. The molecule has 0 aromatic heterocycles. The number of carbonyl (C=O) groups excluding carboxylic acids is 1. The first-order valence-corrected chi connectivity index (χ1v) is 6.20. The highest BCUT2D eigenvalue weighted by atomic mass is 19.1. The van der Waals surface area contributed by atoms with Crippen LogP contribution in [-0.4, -0.2) is 12.5 Å². The summed E-state index contributed by atoms with van der Waals surface area (Å²) < 4.78 is 18.8. The lowest BCUT2D eigenvalue weighted by Gasteiger charge is -2.10. The van der Waals surface area contributed by atoms with Crippen molar-refractivity contribution < 1.29 is 13.9 Å². The highest BCUT2D eigenvalue weighted by molar-refractivity contribution is 6.05. The predicted octanol–water partition coefficient (Wildman–Crippen LogP) is 3.06. The number of hydrogen-bond acceptors (Lipinski definition) is 3. The minimum absolute atomic E-state index is 0.0271. The minimum Gasteiger partial charge on any atom is -0.494 e. The fraction of sp³-hybridized carbons (Fsp3) is 0.133. The third kappa shape index (κ3) is 3.06. The third-order valence-electron chi connectivity index (χ3n) is 2.70. The number of rotatable bonds is 4. The molecular formula is C15H15FN2O2. The van der Waals surface area contributed by atoms with E-state index in [0.717, 1.165) is 0 Å². The van der Waals surface area contributed by atoms with Crippen LogP contribution in [0.15, 0.2) is 42.5 Å². The fourth-order valence-electron chi connectivity index (χ4n) is 1.75. The van der Waals surface area contributed by atoms with Gasteiger partial charge < -0.3 is 15.8 Å². The fourth-order valence-corrected chi connectivity index (χ4v) is 1.75. The molecule has 1 amide bonds. The number of anilines is 2. The Morgan fingerprint density at radius 2 is 2.05 bits per heavy atom. The maximum atomic E-state index is 13.5. The zero-order valence-electron chi connectivity index (χ0n) is 11.0. The highest BCUT2D eigenvalue weighted by Crippen LogP contribution is 2.25. The molecule has 0 heterocycles. The molecule has 3 N–H and O–H groups in total. The lowest BCUT2D eigenvalue weighted by Crippen LogP contribution is -2.14. The van der Waals surface area contributed by atoms with Gasteiger partial charge in [0.1, 0.15) is 11.6 Å². The molecule has 2 rings (SSSR count). The van der Waals surface area contributed by atoms with Crippen LogP contribution in [0, 0.1) is 5.82 Å². The molecule has 104 valence electrons. The molecule has 0 aliphatic heterocycles. The number of hydrogen-bond donors (Lipinski definition) is 2. The van der Waals surface area contributed by atoms with Gasteiger partial charge in [0.05, 0.1) is 23.5 Å². The first-order valence-electron chi connectivity index (χ1n) is 6.20. The van der Waals surface area contributed by atoms with E-state index >= 15 is 0 Å². The van der Waals surface area contributed by atoms with Gasteiger partial charge in [-0.2, -0.15) is 0 Å². The Morgan fingerprint density at radius 3 is 2.70 bits per heavy atom. The number of nitrogens with one attached hydrogen (secondary N) is 1. The smallest absolute Gasteiger partial charge is 0.258 e. The molecule has 5 heteroatoms. The van der Waals surface area contributed by atoms with Gasteiger partial charge in [-0.3, -0.25) is 4.79 Å². The molecule has 0 saturated heterocycles. The van der Waals surface area contributed by atoms with Gasteiger partial charge in [0, 0.05) is 6.07 Å². The van der Waals surface area contributed by atoms with Crippen LogP contribution in [0.5, 0.6) is 5.75 Å². The van der Waals surface area contributed by atoms with Gasteiger partial charge in [-0.1, -0.05) is 12.1 Å². The van der Waals surface area contributed by atoms with Gasteiger partial charge in [-0.05, 0) is 31.2 Å². The van der Waals surface area contributed by atoms with E-state index in [-0.39, 0.29) is 5.56 Å². The van der Waals surface area contributed by atoms with Gasteiger partial charge in [0.2, 0.25) is 0 Å². The van der Waals surface area contributed by atoms with E-state index in [0.29, 0.717) is 23.7 Å². The maximum absolute atomic E-state index is 13.5. The normalized spacial score (nSPS) is 10.1. The number of benzene rings is 2. The number of carbonyl (C=O) groups is 1. The largest absolute Gasteiger partial charge is 0.494 e. The average molecular weight is 274 g/mol. The molecule has 0 aliphatic carbocycles. The average Bonchev–Trinajstić information content (AvgIpc) is 2.42. The van der Waals surface area contributed by atoms with Crippen LogP contribution in [0.4, 0.5) is 15.8 Å². The summed E-state index contributed by atoms with van der Waals surface area (Å²) in [5.74, 6) is -0.498. The van der Waals surface area contributed by atoms with Gasteiger partial charge in [-0.25, -0.2) is 4.39 Å². The molecule has 0 fully saturated rings. The predicted molar refractivity (Wildman–Crippen MR) is 76.4 cm³/mol. The van der Waals surface area contributed by atoms with E-state index in [4.69, 9.17) is 10.5 Å². The Balaban J connectivity index is 2.18. The van der Waals surface area contributed by atoms with Crippen molar-refractivity contribution in [1.29, 1.82) is 0 Å². The van der Waals surface area contributed by atoms with Crippen LogP contribution in [-0.2, 0) is 0 Å². The monoisotopic (exact) mass is 274 g/mol. The molecule has 0 bridgehead atoms. The molecule has 0 spiro atoms. The summed E-state index contributed by atoms with van der Waals surface area (Å²) in [7, 11) is 0. The standard InChI is InChI=1S/C15H15FN2O2/c1-2-20-10-7-8-14(13(17)9-10)18-15(19)11-5-3-4-6-12(11)16/h3-9H,2,17H2,1H3,(H,18,19). The van der Waals surface area contributed by atoms with Gasteiger partial charge in [0.25, 0.3) is 5.91 Å². The van der Waals surface area contributed by atoms with Crippen LogP contribution in [0.1, 0.15) is 17.3 Å². The number of amides is 1. The zero-order valence-corrected chi connectivity index (χ0v) is 11.0. The molecule has 2 aromatic carbocycles. The van der Waals surface area contributed by atoms with Crippen LogP contribution >= 0.6 is 0 Å². The molecule has 20 heavy (non-hydrogen) atoms. The van der Waals surface area contributed by atoms with E-state index in [1.165, 1.54) is 18.2 Å². The zero-order chi connectivity index (χ0) is 14.5. The summed E-state index contributed by atoms with van der Waals surface area (Å²) in [6.07, 6.45) is 0. The number of nitrogen functional groups attached to an aromatic ring is 1. The van der Waals surface area contributed by atoms with E-state index < -0.39 is 11.7 Å². The van der Waals surface area contributed by atoms with Gasteiger partial charge in [0.15, 0.2) is 0 Å². The van der Waals surface area contributed by atoms with Crippen molar-refractivity contribution in [2.24, 2.45) is 0 Å². The Hall–Kier alpha value is -2.56. The lowest BCUT2D eigenvalue weighted by molar-refractivity contribution is 0.102. The van der Waals surface area contributed by atoms with Crippen molar-refractivity contribution in [2.75, 3.05) is 17.7 Å². The first-order chi connectivity index (χ1) is 9.61. The molecule has 0 aliphatic rings.